The van der Waals surface area contributed by atoms with Gasteiger partial charge in [0, 0.05) is 16.6 Å². The van der Waals surface area contributed by atoms with Gasteiger partial charge in [0.1, 0.15) is 12.4 Å². The fraction of sp³-hybridized carbons (Fsp3) is 0.200. The summed E-state index contributed by atoms with van der Waals surface area (Å²) in [4.78, 5) is 0. The zero-order chi connectivity index (χ0) is 12.8. The molecule has 0 amide bonds. The van der Waals surface area contributed by atoms with E-state index in [1.807, 2.05) is 37.4 Å². The van der Waals surface area contributed by atoms with E-state index in [2.05, 4.69) is 39.4 Å². The highest BCUT2D eigenvalue weighted by molar-refractivity contribution is 9.10. The molecule has 2 nitrogen and oxygen atoms in total. The Balaban J connectivity index is 2.03. The molecule has 0 aliphatic carbocycles. The average molecular weight is 306 g/mol. The van der Waals surface area contributed by atoms with Crippen LogP contribution in [0.5, 0.6) is 5.75 Å². The summed E-state index contributed by atoms with van der Waals surface area (Å²) in [7, 11) is 1.94. The van der Waals surface area contributed by atoms with Crippen molar-refractivity contribution >= 4 is 15.9 Å². The van der Waals surface area contributed by atoms with Gasteiger partial charge in [-0.2, -0.15) is 0 Å². The molecule has 0 heterocycles. The van der Waals surface area contributed by atoms with Crippen molar-refractivity contribution in [2.24, 2.45) is 0 Å². The third kappa shape index (κ3) is 3.59. The standard InChI is InChI=1S/C15H16BrNO/c1-17-10-13-4-2-3-5-15(13)18-11-12-6-8-14(16)9-7-12/h2-9,17H,10-11H2,1H3. The minimum atomic E-state index is 0.591. The average Bonchev–Trinajstić information content (AvgIpc) is 2.40. The van der Waals surface area contributed by atoms with Crippen LogP contribution in [0.4, 0.5) is 0 Å². The van der Waals surface area contributed by atoms with Gasteiger partial charge in [0.2, 0.25) is 0 Å². The van der Waals surface area contributed by atoms with Crippen LogP contribution < -0.4 is 10.1 Å². The predicted molar refractivity (Wildman–Crippen MR) is 77.7 cm³/mol. The Labute approximate surface area is 116 Å². The van der Waals surface area contributed by atoms with Crippen LogP contribution in [0, 0.1) is 0 Å². The number of nitrogens with one attached hydrogen (secondary N) is 1. The van der Waals surface area contributed by atoms with E-state index in [0.717, 1.165) is 22.3 Å². The molecule has 0 saturated carbocycles. The number of halogens is 1. The van der Waals surface area contributed by atoms with Gasteiger partial charge in [-0.3, -0.25) is 0 Å². The van der Waals surface area contributed by atoms with Gasteiger partial charge in [0.25, 0.3) is 0 Å². The molecule has 0 unspecified atom stereocenters. The van der Waals surface area contributed by atoms with Crippen molar-refractivity contribution in [3.05, 3.63) is 64.1 Å². The first-order chi connectivity index (χ1) is 8.79. The van der Waals surface area contributed by atoms with E-state index in [1.165, 1.54) is 5.56 Å². The molecular weight excluding hydrogens is 290 g/mol. The van der Waals surface area contributed by atoms with Crippen molar-refractivity contribution in [3.63, 3.8) is 0 Å². The molecule has 0 radical (unpaired) electrons. The molecule has 2 aromatic rings. The van der Waals surface area contributed by atoms with Crippen molar-refractivity contribution in [2.45, 2.75) is 13.2 Å². The van der Waals surface area contributed by atoms with Gasteiger partial charge in [-0.15, -0.1) is 0 Å². The first-order valence-corrected chi connectivity index (χ1v) is 6.68. The summed E-state index contributed by atoms with van der Waals surface area (Å²) in [5, 5.41) is 3.14. The van der Waals surface area contributed by atoms with E-state index < -0.39 is 0 Å². The van der Waals surface area contributed by atoms with Gasteiger partial charge in [-0.25, -0.2) is 0 Å². The summed E-state index contributed by atoms with van der Waals surface area (Å²) in [6, 6.07) is 16.3. The largest absolute Gasteiger partial charge is 0.489 e. The quantitative estimate of drug-likeness (QED) is 0.908. The predicted octanol–water partition coefficient (Wildman–Crippen LogP) is 3.75. The first-order valence-electron chi connectivity index (χ1n) is 5.89. The summed E-state index contributed by atoms with van der Waals surface area (Å²) < 4.78 is 6.95. The number of para-hydroxylation sites is 1. The third-order valence-corrected chi connectivity index (χ3v) is 3.18. The number of rotatable bonds is 5. The van der Waals surface area contributed by atoms with E-state index in [-0.39, 0.29) is 0 Å². The van der Waals surface area contributed by atoms with Crippen LogP contribution in [-0.2, 0) is 13.2 Å². The third-order valence-electron chi connectivity index (χ3n) is 2.65. The van der Waals surface area contributed by atoms with Crippen molar-refractivity contribution in [2.75, 3.05) is 7.05 Å². The Kier molecular flexibility index (Phi) is 4.79. The Morgan fingerprint density at radius 3 is 2.50 bits per heavy atom. The van der Waals surface area contributed by atoms with Crippen LogP contribution in [0.2, 0.25) is 0 Å². The molecule has 2 aromatic carbocycles. The van der Waals surface area contributed by atoms with Gasteiger partial charge < -0.3 is 10.1 Å². The highest BCUT2D eigenvalue weighted by atomic mass is 79.9. The molecule has 2 rings (SSSR count). The van der Waals surface area contributed by atoms with Crippen LogP contribution in [0.1, 0.15) is 11.1 Å². The highest BCUT2D eigenvalue weighted by Crippen LogP contribution is 2.19. The van der Waals surface area contributed by atoms with Crippen molar-refractivity contribution in [1.82, 2.24) is 5.32 Å². The van der Waals surface area contributed by atoms with E-state index in [9.17, 15) is 0 Å². The van der Waals surface area contributed by atoms with Gasteiger partial charge in [-0.05, 0) is 30.8 Å². The zero-order valence-corrected chi connectivity index (χ0v) is 11.9. The molecule has 18 heavy (non-hydrogen) atoms. The fourth-order valence-corrected chi connectivity index (χ4v) is 1.99. The van der Waals surface area contributed by atoms with Crippen LogP contribution in [0.15, 0.2) is 53.0 Å². The molecule has 0 saturated heterocycles. The van der Waals surface area contributed by atoms with Crippen molar-refractivity contribution in [1.29, 1.82) is 0 Å². The minimum Gasteiger partial charge on any atom is -0.489 e. The number of hydrogen-bond donors (Lipinski definition) is 1. The maximum Gasteiger partial charge on any atom is 0.124 e. The van der Waals surface area contributed by atoms with Crippen molar-refractivity contribution in [3.8, 4) is 5.75 Å². The van der Waals surface area contributed by atoms with Gasteiger partial charge >= 0.3 is 0 Å². The molecule has 0 aliphatic heterocycles. The molecule has 3 heteroatoms. The van der Waals surface area contributed by atoms with Gasteiger partial charge in [-0.1, -0.05) is 46.3 Å². The lowest BCUT2D eigenvalue weighted by atomic mass is 10.2. The Morgan fingerprint density at radius 1 is 1.06 bits per heavy atom. The Morgan fingerprint density at radius 2 is 1.78 bits per heavy atom. The summed E-state index contributed by atoms with van der Waals surface area (Å²) in [5.74, 6) is 0.940. The second-order valence-electron chi connectivity index (χ2n) is 4.05. The SMILES string of the molecule is CNCc1ccccc1OCc1ccc(Br)cc1. The molecule has 1 N–H and O–H groups in total. The summed E-state index contributed by atoms with van der Waals surface area (Å²) in [6.45, 7) is 1.41. The highest BCUT2D eigenvalue weighted by Gasteiger charge is 2.02. The molecule has 0 atom stereocenters. The van der Waals surface area contributed by atoms with E-state index >= 15 is 0 Å². The second kappa shape index (κ2) is 6.57. The molecule has 0 aromatic heterocycles. The van der Waals surface area contributed by atoms with Gasteiger partial charge in [0.15, 0.2) is 0 Å². The summed E-state index contributed by atoms with van der Waals surface area (Å²) in [6.07, 6.45) is 0. The topological polar surface area (TPSA) is 21.3 Å². The molecule has 0 aliphatic rings. The normalized spacial score (nSPS) is 10.3. The van der Waals surface area contributed by atoms with Crippen LogP contribution in [-0.4, -0.2) is 7.05 Å². The van der Waals surface area contributed by atoms with Crippen molar-refractivity contribution < 1.29 is 4.74 Å². The Bertz CT molecular complexity index is 496. The zero-order valence-electron chi connectivity index (χ0n) is 10.3. The number of ether oxygens (including phenoxy) is 1. The van der Waals surface area contributed by atoms with Crippen LogP contribution in [0.25, 0.3) is 0 Å². The van der Waals surface area contributed by atoms with E-state index in [1.54, 1.807) is 0 Å². The van der Waals surface area contributed by atoms with Gasteiger partial charge in [0.05, 0.1) is 0 Å². The number of hydrogen-bond acceptors (Lipinski definition) is 2. The first kappa shape index (κ1) is 13.1. The summed E-state index contributed by atoms with van der Waals surface area (Å²) >= 11 is 3.42. The lowest BCUT2D eigenvalue weighted by Crippen LogP contribution is -2.07. The fourth-order valence-electron chi connectivity index (χ4n) is 1.72. The molecule has 94 valence electrons. The maximum absolute atomic E-state index is 5.86. The smallest absolute Gasteiger partial charge is 0.124 e. The van der Waals surface area contributed by atoms with E-state index in [0.29, 0.717) is 6.61 Å². The van der Waals surface area contributed by atoms with E-state index in [4.69, 9.17) is 4.74 Å². The molecule has 0 bridgehead atoms. The Hall–Kier alpha value is -1.32. The number of benzene rings is 2. The second-order valence-corrected chi connectivity index (χ2v) is 4.97. The van der Waals surface area contributed by atoms with Crippen LogP contribution >= 0.6 is 15.9 Å². The molecule has 0 spiro atoms. The molecule has 0 fully saturated rings. The maximum atomic E-state index is 5.86. The lowest BCUT2D eigenvalue weighted by molar-refractivity contribution is 0.302. The summed E-state index contributed by atoms with van der Waals surface area (Å²) in [5.41, 5.74) is 2.34. The minimum absolute atomic E-state index is 0.591. The monoisotopic (exact) mass is 305 g/mol. The van der Waals surface area contributed by atoms with Crippen LogP contribution in [0.3, 0.4) is 0 Å². The lowest BCUT2D eigenvalue weighted by Gasteiger charge is -2.11. The molecular formula is C15H16BrNO.